The summed E-state index contributed by atoms with van der Waals surface area (Å²) in [6, 6.07) is -0.382. The Morgan fingerprint density at radius 3 is 2.80 bits per heavy atom. The first-order valence-electron chi connectivity index (χ1n) is 4.79. The van der Waals surface area contributed by atoms with E-state index in [1.54, 1.807) is 0 Å². The van der Waals surface area contributed by atoms with Gasteiger partial charge in [0, 0.05) is 12.6 Å². The van der Waals surface area contributed by atoms with Gasteiger partial charge in [-0.15, -0.1) is 6.58 Å². The molecule has 1 N–H and O–H groups in total. The third kappa shape index (κ3) is 3.04. The van der Waals surface area contributed by atoms with Crippen molar-refractivity contribution in [3.05, 3.63) is 12.7 Å². The lowest BCUT2D eigenvalue weighted by Crippen LogP contribution is -2.37. The van der Waals surface area contributed by atoms with Crippen molar-refractivity contribution in [1.29, 1.82) is 0 Å². The van der Waals surface area contributed by atoms with Crippen molar-refractivity contribution < 1.29 is 18.3 Å². The highest BCUT2D eigenvalue weighted by Crippen LogP contribution is 2.23. The van der Waals surface area contributed by atoms with Crippen LogP contribution in [0.25, 0.3) is 0 Å². The van der Waals surface area contributed by atoms with Crippen LogP contribution in [0.2, 0.25) is 0 Å². The molecule has 1 atom stereocenters. The highest BCUT2D eigenvalue weighted by Gasteiger charge is 2.34. The minimum Gasteiger partial charge on any atom is -0.481 e. The van der Waals surface area contributed by atoms with E-state index in [1.807, 2.05) is 0 Å². The normalized spacial score (nSPS) is 22.8. The van der Waals surface area contributed by atoms with Gasteiger partial charge in [0.15, 0.2) is 0 Å². The summed E-state index contributed by atoms with van der Waals surface area (Å²) in [5.74, 6) is -1.08. The number of nitrogens with zero attached hydrogens (tertiary/aromatic N) is 1. The van der Waals surface area contributed by atoms with Gasteiger partial charge in [-0.1, -0.05) is 6.08 Å². The summed E-state index contributed by atoms with van der Waals surface area (Å²) in [6.07, 6.45) is 2.57. The first-order chi connectivity index (χ1) is 6.97. The highest BCUT2D eigenvalue weighted by molar-refractivity contribution is 7.89. The second-order valence-electron chi connectivity index (χ2n) is 3.57. The fraction of sp³-hybridized carbons (Fsp3) is 0.667. The molecule has 0 aromatic heterocycles. The summed E-state index contributed by atoms with van der Waals surface area (Å²) >= 11 is 0. The van der Waals surface area contributed by atoms with Crippen molar-refractivity contribution >= 4 is 16.0 Å². The number of carboxylic acid groups (broad SMARTS) is 1. The number of carboxylic acids is 1. The van der Waals surface area contributed by atoms with Gasteiger partial charge in [0.2, 0.25) is 10.0 Å². The molecular weight excluding hydrogens is 218 g/mol. The predicted molar refractivity (Wildman–Crippen MR) is 56.0 cm³/mol. The van der Waals surface area contributed by atoms with Crippen molar-refractivity contribution in [2.75, 3.05) is 12.3 Å². The molecule has 1 rings (SSSR count). The zero-order valence-electron chi connectivity index (χ0n) is 8.42. The fourth-order valence-corrected chi connectivity index (χ4v) is 3.36. The highest BCUT2D eigenvalue weighted by atomic mass is 32.2. The third-order valence-corrected chi connectivity index (χ3v) is 4.27. The van der Waals surface area contributed by atoms with E-state index >= 15 is 0 Å². The Morgan fingerprint density at radius 1 is 1.60 bits per heavy atom. The van der Waals surface area contributed by atoms with E-state index in [-0.39, 0.29) is 18.2 Å². The van der Waals surface area contributed by atoms with E-state index in [1.165, 1.54) is 10.4 Å². The zero-order chi connectivity index (χ0) is 11.5. The maximum absolute atomic E-state index is 11.7. The van der Waals surface area contributed by atoms with Gasteiger partial charge < -0.3 is 5.11 Å². The molecular formula is C9H15NO4S. The summed E-state index contributed by atoms with van der Waals surface area (Å²) < 4.78 is 24.7. The van der Waals surface area contributed by atoms with Crippen LogP contribution >= 0.6 is 0 Å². The minimum absolute atomic E-state index is 0.115. The number of hydrogen-bond acceptors (Lipinski definition) is 3. The molecule has 0 spiro atoms. The lowest BCUT2D eigenvalue weighted by atomic mass is 10.2. The lowest BCUT2D eigenvalue weighted by Gasteiger charge is -2.21. The second kappa shape index (κ2) is 4.76. The molecule has 1 aliphatic heterocycles. The maximum atomic E-state index is 11.7. The largest absolute Gasteiger partial charge is 0.481 e. The molecule has 0 amide bonds. The standard InChI is InChI=1S/C9H15NO4S/c1-2-6-15(13,14)10-5-3-4-8(10)7-9(11)12/h2,8H,1,3-7H2,(H,11,12). The molecule has 0 aromatic carbocycles. The summed E-state index contributed by atoms with van der Waals surface area (Å²) in [5, 5.41) is 8.65. The molecule has 15 heavy (non-hydrogen) atoms. The fourth-order valence-electron chi connectivity index (χ4n) is 1.83. The van der Waals surface area contributed by atoms with E-state index in [4.69, 9.17) is 5.11 Å². The number of sulfonamides is 1. The molecule has 0 aromatic rings. The Bertz CT molecular complexity index is 349. The van der Waals surface area contributed by atoms with Crippen molar-refractivity contribution in [2.24, 2.45) is 0 Å². The van der Waals surface area contributed by atoms with Gasteiger partial charge >= 0.3 is 5.97 Å². The number of aliphatic carboxylic acids is 1. The molecule has 0 aliphatic carbocycles. The number of hydrogen-bond donors (Lipinski definition) is 1. The van der Waals surface area contributed by atoms with Crippen LogP contribution in [0, 0.1) is 0 Å². The first kappa shape index (κ1) is 12.2. The molecule has 0 radical (unpaired) electrons. The molecule has 5 nitrogen and oxygen atoms in total. The Balaban J connectivity index is 2.76. The average molecular weight is 233 g/mol. The van der Waals surface area contributed by atoms with Gasteiger partial charge in [-0.3, -0.25) is 4.79 Å². The van der Waals surface area contributed by atoms with Gasteiger partial charge in [0.05, 0.1) is 12.2 Å². The summed E-state index contributed by atoms with van der Waals surface area (Å²) in [7, 11) is -3.35. The van der Waals surface area contributed by atoms with Crippen LogP contribution in [0.5, 0.6) is 0 Å². The van der Waals surface area contributed by atoms with Gasteiger partial charge in [-0.25, -0.2) is 8.42 Å². The second-order valence-corrected chi connectivity index (χ2v) is 5.54. The molecule has 0 saturated carbocycles. The summed E-state index contributed by atoms with van der Waals surface area (Å²) in [4.78, 5) is 10.5. The molecule has 1 fully saturated rings. The van der Waals surface area contributed by atoms with Crippen LogP contribution < -0.4 is 0 Å². The topological polar surface area (TPSA) is 74.7 Å². The Morgan fingerprint density at radius 2 is 2.27 bits per heavy atom. The van der Waals surface area contributed by atoms with Crippen LogP contribution in [-0.4, -0.2) is 42.1 Å². The van der Waals surface area contributed by atoms with Gasteiger partial charge in [0.25, 0.3) is 0 Å². The van der Waals surface area contributed by atoms with E-state index in [9.17, 15) is 13.2 Å². The van der Waals surface area contributed by atoms with Crippen molar-refractivity contribution in [1.82, 2.24) is 4.31 Å². The maximum Gasteiger partial charge on any atom is 0.304 e. The van der Waals surface area contributed by atoms with Gasteiger partial charge in [-0.05, 0) is 12.8 Å². The summed E-state index contributed by atoms with van der Waals surface area (Å²) in [6.45, 7) is 3.81. The average Bonchev–Trinajstić information content (AvgIpc) is 2.51. The van der Waals surface area contributed by atoms with Crippen molar-refractivity contribution in [2.45, 2.75) is 25.3 Å². The number of rotatable bonds is 5. The molecule has 1 saturated heterocycles. The lowest BCUT2D eigenvalue weighted by molar-refractivity contribution is -0.137. The monoisotopic (exact) mass is 233 g/mol. The van der Waals surface area contributed by atoms with Crippen LogP contribution in [0.1, 0.15) is 19.3 Å². The van der Waals surface area contributed by atoms with E-state index < -0.39 is 16.0 Å². The molecule has 1 unspecified atom stereocenters. The zero-order valence-corrected chi connectivity index (χ0v) is 9.24. The Kier molecular flexibility index (Phi) is 3.87. The smallest absolute Gasteiger partial charge is 0.304 e. The van der Waals surface area contributed by atoms with Crippen molar-refractivity contribution in [3.63, 3.8) is 0 Å². The van der Waals surface area contributed by atoms with E-state index in [0.29, 0.717) is 13.0 Å². The minimum atomic E-state index is -3.35. The Hall–Kier alpha value is -0.880. The third-order valence-electron chi connectivity index (χ3n) is 2.42. The van der Waals surface area contributed by atoms with Crippen LogP contribution in [0.3, 0.4) is 0 Å². The SMILES string of the molecule is C=CCS(=O)(=O)N1CCCC1CC(=O)O. The first-order valence-corrected chi connectivity index (χ1v) is 6.40. The van der Waals surface area contributed by atoms with Gasteiger partial charge in [-0.2, -0.15) is 4.31 Å². The van der Waals surface area contributed by atoms with Crippen LogP contribution in [-0.2, 0) is 14.8 Å². The predicted octanol–water partition coefficient (Wildman–Crippen LogP) is 0.441. The Labute approximate surface area is 89.4 Å². The van der Waals surface area contributed by atoms with Gasteiger partial charge in [0.1, 0.15) is 0 Å². The van der Waals surface area contributed by atoms with E-state index in [0.717, 1.165) is 6.42 Å². The van der Waals surface area contributed by atoms with Crippen molar-refractivity contribution in [3.8, 4) is 0 Å². The molecule has 1 aliphatic rings. The molecule has 86 valence electrons. The quantitative estimate of drug-likeness (QED) is 0.699. The number of carbonyl (C=O) groups is 1. The molecule has 0 bridgehead atoms. The van der Waals surface area contributed by atoms with Crippen LogP contribution in [0.4, 0.5) is 0 Å². The molecule has 6 heteroatoms. The van der Waals surface area contributed by atoms with E-state index in [2.05, 4.69) is 6.58 Å². The summed E-state index contributed by atoms with van der Waals surface area (Å²) in [5.41, 5.74) is 0. The molecule has 1 heterocycles. The van der Waals surface area contributed by atoms with Crippen LogP contribution in [0.15, 0.2) is 12.7 Å².